The molecule has 0 saturated heterocycles. The van der Waals surface area contributed by atoms with E-state index in [1.807, 2.05) is 0 Å². The highest BCUT2D eigenvalue weighted by atomic mass is 19.4. The third kappa shape index (κ3) is 4.37. The molecule has 1 unspecified atom stereocenters. The summed E-state index contributed by atoms with van der Waals surface area (Å²) in [5, 5.41) is 3.01. The van der Waals surface area contributed by atoms with Gasteiger partial charge in [0.25, 0.3) is 0 Å². The number of rotatable bonds is 3. The number of nitrogens with one attached hydrogen (secondary N) is 1. The normalized spacial score (nSPS) is 25.0. The fraction of sp³-hybridized carbons (Fsp3) is 0.647. The summed E-state index contributed by atoms with van der Waals surface area (Å²) in [5.41, 5.74) is -0.499. The maximum Gasteiger partial charge on any atom is 0.416 e. The molecule has 2 rings (SSSR count). The Morgan fingerprint density at radius 2 is 1.77 bits per heavy atom. The molecule has 1 aromatic carbocycles. The summed E-state index contributed by atoms with van der Waals surface area (Å²) in [6, 6.07) is 2.61. The Morgan fingerprint density at radius 3 is 2.36 bits per heavy atom. The molecule has 0 aromatic heterocycles. The van der Waals surface area contributed by atoms with E-state index >= 15 is 0 Å². The lowest BCUT2D eigenvalue weighted by Crippen LogP contribution is -2.36. The highest BCUT2D eigenvalue weighted by molar-refractivity contribution is 5.47. The number of benzene rings is 1. The zero-order valence-corrected chi connectivity index (χ0v) is 13.3. The molecule has 0 amide bonds. The van der Waals surface area contributed by atoms with Gasteiger partial charge in [-0.15, -0.1) is 0 Å². The van der Waals surface area contributed by atoms with Crippen molar-refractivity contribution in [3.63, 3.8) is 0 Å². The van der Waals surface area contributed by atoms with Crippen LogP contribution in [0.1, 0.15) is 52.0 Å². The van der Waals surface area contributed by atoms with Gasteiger partial charge in [-0.3, -0.25) is 0 Å². The van der Waals surface area contributed by atoms with Crippen molar-refractivity contribution in [3.8, 4) is 0 Å². The number of alkyl halides is 3. The minimum Gasteiger partial charge on any atom is -0.384 e. The van der Waals surface area contributed by atoms with Gasteiger partial charge in [0.15, 0.2) is 0 Å². The van der Waals surface area contributed by atoms with E-state index in [0.717, 1.165) is 31.4 Å². The SMILES string of the molecule is CC1(C)CCCC(C)(CNc2cc(F)cc(C(F)(F)F)c2)C1. The molecule has 124 valence electrons. The Morgan fingerprint density at radius 1 is 1.09 bits per heavy atom. The van der Waals surface area contributed by atoms with Gasteiger partial charge in [-0.1, -0.05) is 27.2 Å². The molecule has 0 aliphatic heterocycles. The molecule has 0 radical (unpaired) electrons. The predicted molar refractivity (Wildman–Crippen MR) is 80.2 cm³/mol. The molecule has 0 heterocycles. The first-order valence-electron chi connectivity index (χ1n) is 7.61. The summed E-state index contributed by atoms with van der Waals surface area (Å²) in [6.45, 7) is 7.13. The summed E-state index contributed by atoms with van der Waals surface area (Å²) in [6.07, 6.45) is -0.211. The van der Waals surface area contributed by atoms with Gasteiger partial charge >= 0.3 is 6.18 Å². The molecular weight excluding hydrogens is 294 g/mol. The van der Waals surface area contributed by atoms with Crippen LogP contribution in [0.15, 0.2) is 18.2 Å². The minimum absolute atomic E-state index is 0.0203. The van der Waals surface area contributed by atoms with Gasteiger partial charge in [0.1, 0.15) is 5.82 Å². The maximum atomic E-state index is 13.4. The molecule has 1 aliphatic carbocycles. The van der Waals surface area contributed by atoms with E-state index < -0.39 is 17.6 Å². The van der Waals surface area contributed by atoms with Crippen molar-refractivity contribution >= 4 is 5.69 Å². The summed E-state index contributed by atoms with van der Waals surface area (Å²) >= 11 is 0. The number of hydrogen-bond acceptors (Lipinski definition) is 1. The largest absolute Gasteiger partial charge is 0.416 e. The molecule has 1 aliphatic rings. The standard InChI is InChI=1S/C17H23F4N/c1-15(2)5-4-6-16(3,10-15)11-22-14-8-12(17(19,20)21)7-13(18)9-14/h7-9,22H,4-6,10-11H2,1-3H3. The zero-order valence-electron chi connectivity index (χ0n) is 13.3. The third-order valence-corrected chi connectivity index (χ3v) is 4.48. The van der Waals surface area contributed by atoms with Crippen molar-refractivity contribution in [3.05, 3.63) is 29.6 Å². The van der Waals surface area contributed by atoms with Crippen LogP contribution in [0.2, 0.25) is 0 Å². The van der Waals surface area contributed by atoms with E-state index in [1.54, 1.807) is 0 Å². The first-order chi connectivity index (χ1) is 9.99. The van der Waals surface area contributed by atoms with E-state index in [0.29, 0.717) is 12.6 Å². The van der Waals surface area contributed by atoms with Crippen LogP contribution in [0, 0.1) is 16.6 Å². The van der Waals surface area contributed by atoms with Gasteiger partial charge in [-0.2, -0.15) is 13.2 Å². The van der Waals surface area contributed by atoms with Crippen molar-refractivity contribution in [2.24, 2.45) is 10.8 Å². The van der Waals surface area contributed by atoms with Crippen LogP contribution in [0.5, 0.6) is 0 Å². The van der Waals surface area contributed by atoms with Crippen LogP contribution in [0.3, 0.4) is 0 Å². The molecule has 5 heteroatoms. The van der Waals surface area contributed by atoms with Crippen molar-refractivity contribution in [2.75, 3.05) is 11.9 Å². The highest BCUT2D eigenvalue weighted by Crippen LogP contribution is 2.46. The van der Waals surface area contributed by atoms with Gasteiger partial charge < -0.3 is 5.32 Å². The molecule has 1 N–H and O–H groups in total. The van der Waals surface area contributed by atoms with Crippen molar-refractivity contribution < 1.29 is 17.6 Å². The van der Waals surface area contributed by atoms with E-state index in [9.17, 15) is 17.6 Å². The molecule has 1 saturated carbocycles. The van der Waals surface area contributed by atoms with Gasteiger partial charge in [-0.25, -0.2) is 4.39 Å². The maximum absolute atomic E-state index is 13.4. The zero-order chi connectivity index (χ0) is 16.6. The molecule has 1 atom stereocenters. The van der Waals surface area contributed by atoms with Crippen LogP contribution in [-0.2, 0) is 6.18 Å². The predicted octanol–water partition coefficient (Wildman–Crippen LogP) is 5.86. The second-order valence-electron chi connectivity index (χ2n) is 7.59. The lowest BCUT2D eigenvalue weighted by atomic mass is 9.64. The quantitative estimate of drug-likeness (QED) is 0.688. The topological polar surface area (TPSA) is 12.0 Å². The average Bonchev–Trinajstić information content (AvgIpc) is 2.33. The lowest BCUT2D eigenvalue weighted by molar-refractivity contribution is -0.137. The molecule has 1 fully saturated rings. The fourth-order valence-corrected chi connectivity index (χ4v) is 3.65. The fourth-order valence-electron chi connectivity index (χ4n) is 3.65. The van der Waals surface area contributed by atoms with Crippen molar-refractivity contribution in [1.29, 1.82) is 0 Å². The molecular formula is C17H23F4N. The second-order valence-corrected chi connectivity index (χ2v) is 7.59. The van der Waals surface area contributed by atoms with Gasteiger partial charge in [0.05, 0.1) is 5.56 Å². The number of hydrogen-bond donors (Lipinski definition) is 1. The highest BCUT2D eigenvalue weighted by Gasteiger charge is 2.36. The van der Waals surface area contributed by atoms with E-state index in [4.69, 9.17) is 0 Å². The molecule has 22 heavy (non-hydrogen) atoms. The van der Waals surface area contributed by atoms with E-state index in [1.165, 1.54) is 6.42 Å². The number of halogens is 4. The summed E-state index contributed by atoms with van der Waals surface area (Å²) in [5.74, 6) is -0.869. The minimum atomic E-state index is -4.53. The van der Waals surface area contributed by atoms with Gasteiger partial charge in [0, 0.05) is 12.2 Å². The smallest absolute Gasteiger partial charge is 0.384 e. The van der Waals surface area contributed by atoms with Crippen LogP contribution in [-0.4, -0.2) is 6.54 Å². The molecule has 0 bridgehead atoms. The van der Waals surface area contributed by atoms with Crippen molar-refractivity contribution in [2.45, 2.75) is 52.6 Å². The monoisotopic (exact) mass is 317 g/mol. The summed E-state index contributed by atoms with van der Waals surface area (Å²) in [4.78, 5) is 0. The molecule has 0 spiro atoms. The lowest BCUT2D eigenvalue weighted by Gasteiger charge is -2.43. The Labute approximate surface area is 129 Å². The second kappa shape index (κ2) is 5.74. The van der Waals surface area contributed by atoms with Crippen LogP contribution >= 0.6 is 0 Å². The number of anilines is 1. The van der Waals surface area contributed by atoms with Crippen LogP contribution in [0.4, 0.5) is 23.2 Å². The van der Waals surface area contributed by atoms with Crippen LogP contribution in [0.25, 0.3) is 0 Å². The Bertz CT molecular complexity index is 536. The Balaban J connectivity index is 2.10. The summed E-state index contributed by atoms with van der Waals surface area (Å²) < 4.78 is 51.6. The van der Waals surface area contributed by atoms with E-state index in [2.05, 4.69) is 26.1 Å². The molecule has 1 aromatic rings. The average molecular weight is 317 g/mol. The third-order valence-electron chi connectivity index (χ3n) is 4.48. The Kier molecular flexibility index (Phi) is 4.46. The molecule has 1 nitrogen and oxygen atoms in total. The van der Waals surface area contributed by atoms with Crippen molar-refractivity contribution in [1.82, 2.24) is 0 Å². The summed E-state index contributed by atoms with van der Waals surface area (Å²) in [7, 11) is 0. The van der Waals surface area contributed by atoms with E-state index in [-0.39, 0.29) is 16.5 Å². The van der Waals surface area contributed by atoms with Gasteiger partial charge in [-0.05, 0) is 48.3 Å². The first kappa shape index (κ1) is 17.1. The first-order valence-corrected chi connectivity index (χ1v) is 7.61. The Hall–Kier alpha value is -1.26. The van der Waals surface area contributed by atoms with Crippen LogP contribution < -0.4 is 5.32 Å². The van der Waals surface area contributed by atoms with Gasteiger partial charge in [0.2, 0.25) is 0 Å².